The summed E-state index contributed by atoms with van der Waals surface area (Å²) in [4.78, 5) is 37.7. The molecular weight excluding hydrogens is 721 g/mol. The summed E-state index contributed by atoms with van der Waals surface area (Å²) in [6.07, 6.45) is 63.0. The molecular formula is C52H78O6. The van der Waals surface area contributed by atoms with Crippen molar-refractivity contribution in [3.8, 4) is 0 Å². The van der Waals surface area contributed by atoms with Gasteiger partial charge >= 0.3 is 17.9 Å². The van der Waals surface area contributed by atoms with E-state index in [1.165, 1.54) is 25.7 Å². The van der Waals surface area contributed by atoms with Crippen molar-refractivity contribution in [1.29, 1.82) is 0 Å². The summed E-state index contributed by atoms with van der Waals surface area (Å²) < 4.78 is 16.6. The number of hydrogen-bond acceptors (Lipinski definition) is 6. The van der Waals surface area contributed by atoms with Crippen LogP contribution in [0.4, 0.5) is 0 Å². The van der Waals surface area contributed by atoms with E-state index in [4.69, 9.17) is 14.2 Å². The molecule has 58 heavy (non-hydrogen) atoms. The summed E-state index contributed by atoms with van der Waals surface area (Å²) in [5.41, 5.74) is 0. The zero-order chi connectivity index (χ0) is 42.3. The van der Waals surface area contributed by atoms with E-state index in [1.54, 1.807) is 0 Å². The second kappa shape index (κ2) is 45.3. The van der Waals surface area contributed by atoms with Crippen LogP contribution in [-0.2, 0) is 28.6 Å². The molecule has 1 unspecified atom stereocenters. The molecule has 1 atom stereocenters. The van der Waals surface area contributed by atoms with Crippen molar-refractivity contribution in [2.24, 2.45) is 0 Å². The number of ether oxygens (including phenoxy) is 3. The number of allylic oxidation sites excluding steroid dienone is 22. The predicted molar refractivity (Wildman–Crippen MR) is 246 cm³/mol. The Hall–Kier alpha value is -4.45. The average Bonchev–Trinajstić information content (AvgIpc) is 3.22. The standard InChI is InChI=1S/C52H78O6/c1-4-7-10-13-16-19-22-25-28-30-33-36-39-42-45-51(54)57-48-49(58-52(55)46-43-40-37-34-31-27-24-21-18-15-12-9-6-3)47-56-50(53)44-41-38-35-32-29-26-23-20-17-14-11-8-5-2/h7-12,14-21,23-24,26-27,29,31,34,37,49H,4-6,13,22,25,28,30,32-33,35-36,38-48H2,1-3H3/b10-7-,11-8-,12-9-,17-14-,18-15-,19-16-,23-20-,24-21-,29-26-,31-27-,37-34-. The van der Waals surface area contributed by atoms with Crippen LogP contribution >= 0.6 is 0 Å². The first-order valence-corrected chi connectivity index (χ1v) is 22.3. The highest BCUT2D eigenvalue weighted by atomic mass is 16.6. The molecule has 0 aliphatic carbocycles. The largest absolute Gasteiger partial charge is 0.462 e. The van der Waals surface area contributed by atoms with Gasteiger partial charge in [0.05, 0.1) is 0 Å². The van der Waals surface area contributed by atoms with Crippen LogP contribution in [-0.4, -0.2) is 37.2 Å². The Bertz CT molecular complexity index is 1330. The van der Waals surface area contributed by atoms with E-state index in [-0.39, 0.29) is 38.0 Å². The minimum absolute atomic E-state index is 0.129. The Balaban J connectivity index is 4.61. The zero-order valence-electron chi connectivity index (χ0n) is 36.5. The van der Waals surface area contributed by atoms with E-state index in [0.29, 0.717) is 12.8 Å². The maximum Gasteiger partial charge on any atom is 0.306 e. The van der Waals surface area contributed by atoms with Gasteiger partial charge in [0.15, 0.2) is 6.10 Å². The van der Waals surface area contributed by atoms with Gasteiger partial charge in [0.25, 0.3) is 0 Å². The highest BCUT2D eigenvalue weighted by Crippen LogP contribution is 2.12. The fourth-order valence-corrected chi connectivity index (χ4v) is 5.34. The van der Waals surface area contributed by atoms with Crippen LogP contribution in [0.2, 0.25) is 0 Å². The molecule has 0 heterocycles. The Morgan fingerprint density at radius 1 is 0.362 bits per heavy atom. The Morgan fingerprint density at radius 3 is 1.22 bits per heavy atom. The third-order valence-corrected chi connectivity index (χ3v) is 8.60. The van der Waals surface area contributed by atoms with Gasteiger partial charge in [-0.2, -0.15) is 0 Å². The minimum atomic E-state index is -0.837. The van der Waals surface area contributed by atoms with E-state index < -0.39 is 12.1 Å². The number of esters is 3. The molecule has 0 N–H and O–H groups in total. The lowest BCUT2D eigenvalue weighted by Crippen LogP contribution is -2.30. The summed E-state index contributed by atoms with van der Waals surface area (Å²) in [5, 5.41) is 0. The molecule has 322 valence electrons. The number of hydrogen-bond donors (Lipinski definition) is 0. The van der Waals surface area contributed by atoms with Crippen molar-refractivity contribution in [2.45, 2.75) is 162 Å². The van der Waals surface area contributed by atoms with Gasteiger partial charge in [-0.05, 0) is 77.0 Å². The van der Waals surface area contributed by atoms with Gasteiger partial charge in [0.1, 0.15) is 13.2 Å². The summed E-state index contributed by atoms with van der Waals surface area (Å²) in [6, 6.07) is 0. The van der Waals surface area contributed by atoms with E-state index in [1.807, 2.05) is 91.1 Å². The molecule has 0 rings (SSSR count). The first-order valence-electron chi connectivity index (χ1n) is 22.3. The molecule has 0 aromatic heterocycles. The van der Waals surface area contributed by atoms with Crippen molar-refractivity contribution < 1.29 is 28.6 Å². The maximum atomic E-state index is 12.7. The van der Waals surface area contributed by atoms with E-state index >= 15 is 0 Å². The van der Waals surface area contributed by atoms with E-state index in [2.05, 4.69) is 63.3 Å². The molecule has 0 aliphatic heterocycles. The van der Waals surface area contributed by atoms with Crippen molar-refractivity contribution in [3.05, 3.63) is 134 Å². The minimum Gasteiger partial charge on any atom is -0.462 e. The summed E-state index contributed by atoms with van der Waals surface area (Å²) in [7, 11) is 0. The van der Waals surface area contributed by atoms with Gasteiger partial charge in [-0.25, -0.2) is 0 Å². The lowest BCUT2D eigenvalue weighted by molar-refractivity contribution is -0.167. The van der Waals surface area contributed by atoms with Crippen molar-refractivity contribution in [1.82, 2.24) is 0 Å². The fourth-order valence-electron chi connectivity index (χ4n) is 5.34. The molecule has 0 spiro atoms. The number of rotatable bonds is 37. The van der Waals surface area contributed by atoms with Gasteiger partial charge < -0.3 is 14.2 Å². The monoisotopic (exact) mass is 799 g/mol. The highest BCUT2D eigenvalue weighted by molar-refractivity contribution is 5.71. The number of unbranched alkanes of at least 4 members (excludes halogenated alkanes) is 11. The lowest BCUT2D eigenvalue weighted by Gasteiger charge is -2.18. The Labute approximate surface area is 354 Å². The third kappa shape index (κ3) is 42.7. The van der Waals surface area contributed by atoms with Crippen molar-refractivity contribution >= 4 is 17.9 Å². The molecule has 0 saturated carbocycles. The molecule has 0 aromatic rings. The second-order valence-corrected chi connectivity index (χ2v) is 14.0. The molecule has 0 bridgehead atoms. The Kier molecular flexibility index (Phi) is 41.8. The average molecular weight is 799 g/mol. The van der Waals surface area contributed by atoms with Crippen LogP contribution in [0.1, 0.15) is 156 Å². The van der Waals surface area contributed by atoms with Gasteiger partial charge in [-0.3, -0.25) is 14.4 Å². The van der Waals surface area contributed by atoms with E-state index in [9.17, 15) is 14.4 Å². The van der Waals surface area contributed by atoms with E-state index in [0.717, 1.165) is 83.5 Å². The topological polar surface area (TPSA) is 78.9 Å². The highest BCUT2D eigenvalue weighted by Gasteiger charge is 2.19. The fraction of sp³-hybridized carbons (Fsp3) is 0.519. The van der Waals surface area contributed by atoms with Gasteiger partial charge in [-0.1, -0.05) is 193 Å². The maximum absolute atomic E-state index is 12.7. The molecule has 6 nitrogen and oxygen atoms in total. The molecule has 0 aliphatic rings. The molecule has 0 amide bonds. The van der Waals surface area contributed by atoms with Crippen LogP contribution in [0.25, 0.3) is 0 Å². The van der Waals surface area contributed by atoms with Gasteiger partial charge in [0, 0.05) is 19.3 Å². The first-order chi connectivity index (χ1) is 28.5. The lowest BCUT2D eigenvalue weighted by atomic mass is 10.1. The van der Waals surface area contributed by atoms with Crippen LogP contribution in [0.3, 0.4) is 0 Å². The summed E-state index contributed by atoms with van der Waals surface area (Å²) >= 11 is 0. The molecule has 0 fully saturated rings. The Morgan fingerprint density at radius 2 is 0.724 bits per heavy atom. The van der Waals surface area contributed by atoms with Gasteiger partial charge in [0.2, 0.25) is 0 Å². The second-order valence-electron chi connectivity index (χ2n) is 14.0. The normalized spacial score (nSPS) is 13.4. The number of carbonyl (C=O) groups is 3. The predicted octanol–water partition coefficient (Wildman–Crippen LogP) is 14.4. The van der Waals surface area contributed by atoms with Crippen LogP contribution in [0, 0.1) is 0 Å². The van der Waals surface area contributed by atoms with Crippen molar-refractivity contribution in [3.63, 3.8) is 0 Å². The third-order valence-electron chi connectivity index (χ3n) is 8.60. The molecule has 0 radical (unpaired) electrons. The summed E-state index contributed by atoms with van der Waals surface area (Å²) in [6.45, 7) is 6.10. The zero-order valence-corrected chi connectivity index (χ0v) is 36.5. The summed E-state index contributed by atoms with van der Waals surface area (Å²) in [5.74, 6) is -1.07. The van der Waals surface area contributed by atoms with Crippen LogP contribution in [0.15, 0.2) is 134 Å². The van der Waals surface area contributed by atoms with Crippen LogP contribution in [0.5, 0.6) is 0 Å². The van der Waals surface area contributed by atoms with Gasteiger partial charge in [-0.15, -0.1) is 0 Å². The van der Waals surface area contributed by atoms with Crippen molar-refractivity contribution in [2.75, 3.05) is 13.2 Å². The first kappa shape index (κ1) is 53.6. The van der Waals surface area contributed by atoms with Crippen LogP contribution < -0.4 is 0 Å². The molecule has 0 aromatic carbocycles. The SMILES string of the molecule is CC\C=C/C=C\C=C/C=C\C=C/CCCC(=O)OC(COC(=O)CCCCC\C=C/C=C\C=C/C=C\CC)COC(=O)CCCCCCCCC/C=C\C/C=C\CC. The number of carbonyl (C=O) groups excluding carboxylic acids is 3. The quantitative estimate of drug-likeness (QED) is 0.0205. The molecule has 0 saturated heterocycles. The smallest absolute Gasteiger partial charge is 0.306 e. The molecule has 6 heteroatoms.